The molecule has 2 aromatic carbocycles. The summed E-state index contributed by atoms with van der Waals surface area (Å²) < 4.78 is 39.0. The predicted octanol–water partition coefficient (Wildman–Crippen LogP) is 4.67. The summed E-state index contributed by atoms with van der Waals surface area (Å²) in [6.07, 6.45) is -2.00. The van der Waals surface area contributed by atoms with Crippen molar-refractivity contribution in [3.05, 3.63) is 83.3 Å². The number of nitrogens with zero attached hydrogens (tertiary/aromatic N) is 2. The van der Waals surface area contributed by atoms with E-state index < -0.39 is 17.6 Å². The molecule has 144 valence electrons. The van der Waals surface area contributed by atoms with E-state index in [4.69, 9.17) is 0 Å². The van der Waals surface area contributed by atoms with Gasteiger partial charge < -0.3 is 10.6 Å². The third-order valence-electron chi connectivity index (χ3n) is 3.96. The number of halogens is 3. The van der Waals surface area contributed by atoms with Crippen molar-refractivity contribution in [3.8, 4) is 0 Å². The summed E-state index contributed by atoms with van der Waals surface area (Å²) in [6.45, 7) is 2.53. The summed E-state index contributed by atoms with van der Waals surface area (Å²) in [5, 5.41) is 5.31. The monoisotopic (exact) mass is 386 g/mol. The maximum absolute atomic E-state index is 13.0. The number of para-hydroxylation sites is 1. The first-order valence-corrected chi connectivity index (χ1v) is 8.42. The summed E-state index contributed by atoms with van der Waals surface area (Å²) in [5.41, 5.74) is 0.873. The molecule has 0 fully saturated rings. The lowest BCUT2D eigenvalue weighted by Gasteiger charge is -2.13. The van der Waals surface area contributed by atoms with Gasteiger partial charge in [0.05, 0.1) is 23.6 Å². The quantitative estimate of drug-likeness (QED) is 0.669. The predicted molar refractivity (Wildman–Crippen MR) is 99.9 cm³/mol. The van der Waals surface area contributed by atoms with Gasteiger partial charge in [-0.05, 0) is 24.6 Å². The number of amides is 1. The van der Waals surface area contributed by atoms with Crippen LogP contribution in [-0.2, 0) is 12.7 Å². The lowest BCUT2D eigenvalue weighted by molar-refractivity contribution is -0.136. The van der Waals surface area contributed by atoms with Crippen molar-refractivity contribution in [1.82, 2.24) is 9.97 Å². The molecule has 28 heavy (non-hydrogen) atoms. The van der Waals surface area contributed by atoms with Crippen molar-refractivity contribution in [2.75, 3.05) is 10.6 Å². The van der Waals surface area contributed by atoms with Crippen molar-refractivity contribution in [3.63, 3.8) is 0 Å². The second kappa shape index (κ2) is 8.08. The zero-order chi connectivity index (χ0) is 20.1. The number of benzene rings is 2. The number of anilines is 2. The van der Waals surface area contributed by atoms with Crippen LogP contribution in [0.3, 0.4) is 0 Å². The van der Waals surface area contributed by atoms with E-state index in [-0.39, 0.29) is 11.4 Å². The number of nitrogens with one attached hydrogen (secondary N) is 2. The van der Waals surface area contributed by atoms with Crippen LogP contribution in [0, 0.1) is 6.92 Å². The van der Waals surface area contributed by atoms with Gasteiger partial charge in [0.25, 0.3) is 5.91 Å². The molecule has 3 aromatic rings. The van der Waals surface area contributed by atoms with Crippen LogP contribution < -0.4 is 10.6 Å². The van der Waals surface area contributed by atoms with Crippen LogP contribution in [0.2, 0.25) is 0 Å². The summed E-state index contributed by atoms with van der Waals surface area (Å²) >= 11 is 0. The van der Waals surface area contributed by atoms with Crippen LogP contribution in [0.1, 0.15) is 27.2 Å². The molecule has 0 saturated heterocycles. The third-order valence-corrected chi connectivity index (χ3v) is 3.96. The van der Waals surface area contributed by atoms with E-state index >= 15 is 0 Å². The van der Waals surface area contributed by atoms with E-state index in [1.165, 1.54) is 30.6 Å². The molecule has 1 heterocycles. The molecule has 1 aromatic heterocycles. The highest BCUT2D eigenvalue weighted by Gasteiger charge is 2.33. The number of rotatable bonds is 5. The van der Waals surface area contributed by atoms with Gasteiger partial charge in [-0.1, -0.05) is 42.0 Å². The standard InChI is InChI=1S/C20H17F3N4O/c1-13-6-8-14(9-7-13)10-25-18-12-24-17(11-26-18)19(28)27-16-5-3-2-4-15(16)20(21,22)23/h2-9,11-12H,10H2,1H3,(H,25,26)(H,27,28). The van der Waals surface area contributed by atoms with Crippen LogP contribution in [-0.4, -0.2) is 15.9 Å². The molecule has 0 unspecified atom stereocenters. The van der Waals surface area contributed by atoms with E-state index in [0.29, 0.717) is 12.4 Å². The maximum Gasteiger partial charge on any atom is 0.418 e. The Bertz CT molecular complexity index is 954. The molecular weight excluding hydrogens is 369 g/mol. The van der Waals surface area contributed by atoms with Crippen LogP contribution in [0.5, 0.6) is 0 Å². The highest BCUT2D eigenvalue weighted by molar-refractivity contribution is 6.03. The Labute approximate surface area is 159 Å². The Hall–Kier alpha value is -3.42. The number of aryl methyl sites for hydroxylation is 1. The normalized spacial score (nSPS) is 11.1. The smallest absolute Gasteiger partial charge is 0.365 e. The lowest BCUT2D eigenvalue weighted by Crippen LogP contribution is -2.18. The van der Waals surface area contributed by atoms with Gasteiger partial charge in [-0.2, -0.15) is 13.2 Å². The van der Waals surface area contributed by atoms with E-state index in [9.17, 15) is 18.0 Å². The second-order valence-electron chi connectivity index (χ2n) is 6.12. The molecule has 8 heteroatoms. The largest absolute Gasteiger partial charge is 0.418 e. The Morgan fingerprint density at radius 2 is 1.71 bits per heavy atom. The number of carbonyl (C=O) groups excluding carboxylic acids is 1. The Kier molecular flexibility index (Phi) is 5.58. The first-order chi connectivity index (χ1) is 13.3. The lowest BCUT2D eigenvalue weighted by atomic mass is 10.1. The number of alkyl halides is 3. The maximum atomic E-state index is 13.0. The first-order valence-electron chi connectivity index (χ1n) is 8.42. The van der Waals surface area contributed by atoms with Crippen molar-refractivity contribution in [2.24, 2.45) is 0 Å². The molecule has 1 amide bonds. The van der Waals surface area contributed by atoms with Gasteiger partial charge in [-0.3, -0.25) is 4.79 Å². The average Bonchev–Trinajstić information content (AvgIpc) is 2.67. The number of aromatic nitrogens is 2. The van der Waals surface area contributed by atoms with Crippen LogP contribution >= 0.6 is 0 Å². The minimum absolute atomic E-state index is 0.0853. The van der Waals surface area contributed by atoms with Crippen LogP contribution in [0.25, 0.3) is 0 Å². The fourth-order valence-corrected chi connectivity index (χ4v) is 2.46. The zero-order valence-corrected chi connectivity index (χ0v) is 14.9. The van der Waals surface area contributed by atoms with Crippen molar-refractivity contribution < 1.29 is 18.0 Å². The summed E-state index contributed by atoms with van der Waals surface area (Å²) in [7, 11) is 0. The van der Waals surface area contributed by atoms with E-state index in [1.54, 1.807) is 0 Å². The van der Waals surface area contributed by atoms with Gasteiger partial charge in [-0.15, -0.1) is 0 Å². The first kappa shape index (κ1) is 19.3. The fraction of sp³-hybridized carbons (Fsp3) is 0.150. The van der Waals surface area contributed by atoms with Gasteiger partial charge in [0, 0.05) is 6.54 Å². The molecule has 3 rings (SSSR count). The van der Waals surface area contributed by atoms with Crippen molar-refractivity contribution in [1.29, 1.82) is 0 Å². The summed E-state index contributed by atoms with van der Waals surface area (Å²) in [5.74, 6) is -0.317. The minimum atomic E-state index is -4.57. The molecule has 0 bridgehead atoms. The van der Waals surface area contributed by atoms with Gasteiger partial charge in [0.15, 0.2) is 0 Å². The van der Waals surface area contributed by atoms with Crippen molar-refractivity contribution in [2.45, 2.75) is 19.6 Å². The SMILES string of the molecule is Cc1ccc(CNc2cnc(C(=O)Nc3ccccc3C(F)(F)F)cn2)cc1. The highest BCUT2D eigenvalue weighted by atomic mass is 19.4. The fourth-order valence-electron chi connectivity index (χ4n) is 2.46. The molecule has 0 aliphatic heterocycles. The van der Waals surface area contributed by atoms with Gasteiger partial charge in [0.2, 0.25) is 0 Å². The summed E-state index contributed by atoms with van der Waals surface area (Å²) in [4.78, 5) is 20.3. The van der Waals surface area contributed by atoms with E-state index in [0.717, 1.165) is 17.2 Å². The Morgan fingerprint density at radius 3 is 2.36 bits per heavy atom. The number of hydrogen-bond donors (Lipinski definition) is 2. The molecule has 5 nitrogen and oxygen atoms in total. The van der Waals surface area contributed by atoms with E-state index in [1.807, 2.05) is 31.2 Å². The Morgan fingerprint density at radius 1 is 1.00 bits per heavy atom. The van der Waals surface area contributed by atoms with Crippen molar-refractivity contribution >= 4 is 17.4 Å². The molecule has 0 atom stereocenters. The topological polar surface area (TPSA) is 66.9 Å². The van der Waals surface area contributed by atoms with Gasteiger partial charge in [-0.25, -0.2) is 9.97 Å². The Balaban J connectivity index is 1.65. The second-order valence-corrected chi connectivity index (χ2v) is 6.12. The highest BCUT2D eigenvalue weighted by Crippen LogP contribution is 2.34. The molecule has 0 radical (unpaired) electrons. The molecule has 0 spiro atoms. The average molecular weight is 386 g/mol. The van der Waals surface area contributed by atoms with Gasteiger partial charge in [0.1, 0.15) is 11.5 Å². The number of hydrogen-bond acceptors (Lipinski definition) is 4. The minimum Gasteiger partial charge on any atom is -0.365 e. The van der Waals surface area contributed by atoms with Crippen LogP contribution in [0.4, 0.5) is 24.7 Å². The molecule has 0 aliphatic carbocycles. The van der Waals surface area contributed by atoms with E-state index in [2.05, 4.69) is 20.6 Å². The zero-order valence-electron chi connectivity index (χ0n) is 14.9. The molecular formula is C20H17F3N4O. The summed E-state index contributed by atoms with van der Waals surface area (Å²) in [6, 6.07) is 12.7. The molecule has 0 aliphatic rings. The van der Waals surface area contributed by atoms with Gasteiger partial charge >= 0.3 is 6.18 Å². The molecule has 0 saturated carbocycles. The third kappa shape index (κ3) is 4.85. The van der Waals surface area contributed by atoms with Crippen LogP contribution in [0.15, 0.2) is 60.9 Å². The molecule has 2 N–H and O–H groups in total. The number of carbonyl (C=O) groups is 1.